The number of hydrogen-bond donors (Lipinski definition) is 2. The maximum Gasteiger partial charge on any atom is 0.318 e. The summed E-state index contributed by atoms with van der Waals surface area (Å²) in [6, 6.07) is 1.61. The number of aromatic nitrogens is 3. The van der Waals surface area contributed by atoms with Crippen LogP contribution >= 0.6 is 22.9 Å². The number of carbonyl (C=O) groups is 1. The third-order valence-corrected chi connectivity index (χ3v) is 6.23. The molecule has 1 fully saturated rings. The van der Waals surface area contributed by atoms with Crippen molar-refractivity contribution in [2.24, 2.45) is 0 Å². The minimum absolute atomic E-state index is 0.224. The summed E-state index contributed by atoms with van der Waals surface area (Å²) in [4.78, 5) is 17.2. The number of nitrogens with zero attached hydrogens (tertiary/aromatic N) is 3. The molecule has 0 saturated carbocycles. The van der Waals surface area contributed by atoms with Gasteiger partial charge in [0.15, 0.2) is 5.65 Å². The van der Waals surface area contributed by atoms with Crippen LogP contribution in [0.3, 0.4) is 0 Å². The molecule has 3 aromatic rings. The van der Waals surface area contributed by atoms with Crippen molar-refractivity contribution in [2.75, 3.05) is 6.54 Å². The van der Waals surface area contributed by atoms with Crippen LogP contribution in [-0.4, -0.2) is 39.1 Å². The van der Waals surface area contributed by atoms with E-state index in [4.69, 9.17) is 11.6 Å². The molecule has 3 aromatic heterocycles. The summed E-state index contributed by atoms with van der Waals surface area (Å²) >= 11 is 7.41. The molecule has 4 rings (SSSR count). The third kappa shape index (κ3) is 3.49. The van der Waals surface area contributed by atoms with Crippen LogP contribution in [0.15, 0.2) is 24.7 Å². The first-order chi connectivity index (χ1) is 13.4. The Bertz CT molecular complexity index is 1030. The third-order valence-electron chi connectivity index (χ3n) is 4.88. The van der Waals surface area contributed by atoms with Crippen LogP contribution in [-0.2, 0) is 6.42 Å². The summed E-state index contributed by atoms with van der Waals surface area (Å²) in [7, 11) is 0. The molecule has 1 unspecified atom stereocenters. The van der Waals surface area contributed by atoms with Gasteiger partial charge in [0.25, 0.3) is 5.91 Å². The molecule has 1 amide bonds. The second-order valence-electron chi connectivity index (χ2n) is 6.78. The average Bonchev–Trinajstić information content (AvgIpc) is 3.25. The number of halogens is 3. The summed E-state index contributed by atoms with van der Waals surface area (Å²) in [6.45, 7) is 2.59. The fourth-order valence-corrected chi connectivity index (χ4v) is 4.48. The van der Waals surface area contributed by atoms with E-state index in [0.717, 1.165) is 23.3 Å². The van der Waals surface area contributed by atoms with Gasteiger partial charge in [0.1, 0.15) is 4.34 Å². The van der Waals surface area contributed by atoms with E-state index in [1.54, 1.807) is 23.0 Å². The highest BCUT2D eigenvalue weighted by Crippen LogP contribution is 2.37. The number of piperidine rings is 1. The second kappa shape index (κ2) is 7.38. The van der Waals surface area contributed by atoms with Gasteiger partial charge in [-0.05, 0) is 18.1 Å². The minimum Gasteiger partial charge on any atom is -0.322 e. The van der Waals surface area contributed by atoms with Gasteiger partial charge in [0.2, 0.25) is 6.17 Å². The maximum atomic E-state index is 14.0. The van der Waals surface area contributed by atoms with Crippen LogP contribution in [0, 0.1) is 0 Å². The number of aryl methyl sites for hydroxylation is 1. The van der Waals surface area contributed by atoms with Crippen molar-refractivity contribution in [1.29, 1.82) is 0 Å². The summed E-state index contributed by atoms with van der Waals surface area (Å²) < 4.78 is 30.1. The molecule has 1 aliphatic rings. The van der Waals surface area contributed by atoms with E-state index in [1.807, 2.05) is 13.1 Å². The first kappa shape index (κ1) is 19.2. The first-order valence-corrected chi connectivity index (χ1v) is 10.2. The highest BCUT2D eigenvalue weighted by Gasteiger charge is 2.46. The largest absolute Gasteiger partial charge is 0.322 e. The van der Waals surface area contributed by atoms with Crippen LogP contribution in [0.4, 0.5) is 8.78 Å². The van der Waals surface area contributed by atoms with E-state index >= 15 is 0 Å². The Morgan fingerprint density at radius 2 is 2.29 bits per heavy atom. The lowest BCUT2D eigenvalue weighted by atomic mass is 10.1. The van der Waals surface area contributed by atoms with E-state index in [2.05, 4.69) is 15.4 Å². The zero-order valence-electron chi connectivity index (χ0n) is 15.1. The van der Waals surface area contributed by atoms with E-state index in [9.17, 15) is 13.6 Å². The quantitative estimate of drug-likeness (QED) is 0.673. The highest BCUT2D eigenvalue weighted by molar-refractivity contribution is 7.18. The smallest absolute Gasteiger partial charge is 0.318 e. The molecule has 4 heterocycles. The van der Waals surface area contributed by atoms with Crippen molar-refractivity contribution in [3.05, 3.63) is 39.4 Å². The molecular weight excluding hydrogens is 408 g/mol. The predicted octanol–water partition coefficient (Wildman–Crippen LogP) is 2.72. The topological polar surface area (TPSA) is 75.9 Å². The lowest BCUT2D eigenvalue weighted by Crippen LogP contribution is -2.99. The van der Waals surface area contributed by atoms with Crippen molar-refractivity contribution in [1.82, 2.24) is 19.9 Å². The molecule has 0 radical (unpaired) electrons. The number of amides is 1. The molecule has 1 saturated heterocycles. The van der Waals surface area contributed by atoms with Crippen molar-refractivity contribution >= 4 is 34.5 Å². The second-order valence-corrected chi connectivity index (χ2v) is 8.43. The Morgan fingerprint density at radius 3 is 3.04 bits per heavy atom. The number of quaternary nitrogens is 1. The van der Waals surface area contributed by atoms with E-state index in [-0.39, 0.29) is 11.3 Å². The van der Waals surface area contributed by atoms with Gasteiger partial charge in [-0.15, -0.1) is 11.3 Å². The molecule has 3 N–H and O–H groups in total. The molecule has 6 nitrogen and oxygen atoms in total. The number of nitrogens with two attached hydrogens (primary N) is 1. The van der Waals surface area contributed by atoms with Crippen molar-refractivity contribution < 1.29 is 18.9 Å². The van der Waals surface area contributed by atoms with Gasteiger partial charge < -0.3 is 5.32 Å². The molecular formula is C18H19ClF2N5OS+. The van der Waals surface area contributed by atoms with E-state index in [1.165, 1.54) is 5.32 Å². The fraction of sp³-hybridized carbons (Fsp3) is 0.389. The van der Waals surface area contributed by atoms with E-state index < -0.39 is 18.0 Å². The normalized spacial score (nSPS) is 19.1. The van der Waals surface area contributed by atoms with Crippen LogP contribution in [0.5, 0.6) is 0 Å². The zero-order valence-corrected chi connectivity index (χ0v) is 16.7. The Kier molecular flexibility index (Phi) is 5.07. The number of alkyl halides is 2. The summed E-state index contributed by atoms with van der Waals surface area (Å²) in [5, 5.41) is 8.21. The predicted molar refractivity (Wildman–Crippen MR) is 103 cm³/mol. The summed E-state index contributed by atoms with van der Waals surface area (Å²) in [5.74, 6) is -3.49. The summed E-state index contributed by atoms with van der Waals surface area (Å²) in [6.07, 6.45) is 5.08. The molecule has 10 heteroatoms. The van der Waals surface area contributed by atoms with Crippen LogP contribution < -0.4 is 10.6 Å². The molecule has 0 bridgehead atoms. The lowest BCUT2D eigenvalue weighted by molar-refractivity contribution is -0.720. The first-order valence-electron chi connectivity index (χ1n) is 9.03. The number of rotatable bonds is 4. The number of nitrogens with one attached hydrogen (secondary N) is 1. The Labute approximate surface area is 168 Å². The van der Waals surface area contributed by atoms with Crippen molar-refractivity contribution in [2.45, 2.75) is 38.3 Å². The highest BCUT2D eigenvalue weighted by atomic mass is 35.5. The zero-order chi connectivity index (χ0) is 19.9. The van der Waals surface area contributed by atoms with Crippen LogP contribution in [0.25, 0.3) is 16.8 Å². The maximum absolute atomic E-state index is 14.0. The van der Waals surface area contributed by atoms with Gasteiger partial charge in [-0.2, -0.15) is 13.9 Å². The van der Waals surface area contributed by atoms with Crippen LogP contribution in [0.1, 0.15) is 35.0 Å². The standard InChI is InChI=1S/C18H18ClF2N5OS/c1-2-10-7-23-15-12(8-24-26(15)9-10)11-6-13(28-14(11)19)16(27)25-17-18(20,21)4-3-5-22-17/h6-9,17,22H,2-5H2,1H3,(H,25,27)/p+1. The molecule has 1 aliphatic heterocycles. The van der Waals surface area contributed by atoms with Crippen molar-refractivity contribution in [3.8, 4) is 11.1 Å². The van der Waals surface area contributed by atoms with Crippen molar-refractivity contribution in [3.63, 3.8) is 0 Å². The molecule has 148 valence electrons. The Hall–Kier alpha value is -2.10. The van der Waals surface area contributed by atoms with Gasteiger partial charge in [-0.1, -0.05) is 18.5 Å². The number of hydrogen-bond acceptors (Lipinski definition) is 4. The summed E-state index contributed by atoms with van der Waals surface area (Å²) in [5.41, 5.74) is 2.97. The number of fused-ring (bicyclic) bond motifs is 1. The molecule has 0 spiro atoms. The number of thiophene rings is 1. The van der Waals surface area contributed by atoms with E-state index in [0.29, 0.717) is 34.1 Å². The monoisotopic (exact) mass is 426 g/mol. The molecule has 28 heavy (non-hydrogen) atoms. The average molecular weight is 427 g/mol. The Balaban J connectivity index is 1.61. The van der Waals surface area contributed by atoms with Gasteiger partial charge in [-0.25, -0.2) is 9.50 Å². The van der Waals surface area contributed by atoms with Gasteiger partial charge in [-0.3, -0.25) is 10.1 Å². The molecule has 0 aromatic carbocycles. The van der Waals surface area contributed by atoms with Gasteiger partial charge >= 0.3 is 5.92 Å². The van der Waals surface area contributed by atoms with Gasteiger partial charge in [0.05, 0.1) is 17.6 Å². The van der Waals surface area contributed by atoms with Crippen LogP contribution in [0.2, 0.25) is 4.34 Å². The van der Waals surface area contributed by atoms with Gasteiger partial charge in [0, 0.05) is 36.4 Å². The number of carbonyl (C=O) groups excluding carboxylic acids is 1. The molecule has 1 atom stereocenters. The Morgan fingerprint density at radius 1 is 1.46 bits per heavy atom. The molecule has 0 aliphatic carbocycles. The fourth-order valence-electron chi connectivity index (χ4n) is 3.28. The SMILES string of the molecule is CCc1cnc2c(-c3cc(C(=O)NC4[NH2+]CCCC4(F)F)sc3Cl)cnn2c1. The minimum atomic E-state index is -2.93. The lowest BCUT2D eigenvalue weighted by Gasteiger charge is -2.29.